The van der Waals surface area contributed by atoms with Crippen LogP contribution in [0.1, 0.15) is 23.7 Å². The fourth-order valence-corrected chi connectivity index (χ4v) is 3.23. The van der Waals surface area contributed by atoms with Crippen molar-refractivity contribution in [3.63, 3.8) is 0 Å². The normalized spacial score (nSPS) is 10.8. The molecule has 0 unspecified atom stereocenters. The lowest BCUT2D eigenvalue weighted by atomic mass is 10.1. The average Bonchev–Trinajstić information content (AvgIpc) is 3.17. The molecule has 0 aliphatic carbocycles. The molecule has 0 spiro atoms. The number of ether oxygens (including phenoxy) is 1. The number of fused-ring (bicyclic) bond motifs is 1. The number of carbonyl (C=O) groups excluding carboxylic acids is 1. The molecule has 4 aromatic rings. The van der Waals surface area contributed by atoms with Crippen LogP contribution in [-0.4, -0.2) is 33.9 Å². The quantitative estimate of drug-likeness (QED) is 0.539. The van der Waals surface area contributed by atoms with Crippen LogP contribution in [0.5, 0.6) is 5.75 Å². The molecule has 1 N–H and O–H groups in total. The lowest BCUT2D eigenvalue weighted by Crippen LogP contribution is -2.24. The number of nitrogens with one attached hydrogen (secondary N) is 1. The zero-order valence-electron chi connectivity index (χ0n) is 16.4. The van der Waals surface area contributed by atoms with Crippen LogP contribution < -0.4 is 10.1 Å². The Hall–Kier alpha value is -3.67. The summed E-state index contributed by atoms with van der Waals surface area (Å²) in [6, 6.07) is 17.2. The van der Waals surface area contributed by atoms with E-state index < -0.39 is 0 Å². The molecule has 0 saturated heterocycles. The lowest BCUT2D eigenvalue weighted by molar-refractivity contribution is 0.0953. The van der Waals surface area contributed by atoms with E-state index in [1.54, 1.807) is 13.3 Å². The molecule has 3 aromatic heterocycles. The van der Waals surface area contributed by atoms with Crippen molar-refractivity contribution in [1.82, 2.24) is 19.7 Å². The third kappa shape index (κ3) is 3.69. The fourth-order valence-electron chi connectivity index (χ4n) is 3.23. The Morgan fingerprint density at radius 3 is 2.66 bits per heavy atom. The molecule has 0 bridgehead atoms. The second kappa shape index (κ2) is 8.14. The van der Waals surface area contributed by atoms with Gasteiger partial charge < -0.3 is 10.1 Å². The number of methoxy groups -OCH3 is 1. The van der Waals surface area contributed by atoms with Gasteiger partial charge >= 0.3 is 0 Å². The molecule has 0 saturated carbocycles. The molecule has 0 radical (unpaired) electrons. The standard InChI is InChI=1S/C23H22N4O2/c1-3-12-25-23(28)17-11-14-27-20(15-17)26-21(19-6-4-5-13-24-19)22(27)16-7-9-18(29-2)10-8-16/h4-11,13-15H,3,12H2,1-2H3,(H,25,28). The van der Waals surface area contributed by atoms with Crippen molar-refractivity contribution in [2.45, 2.75) is 13.3 Å². The van der Waals surface area contributed by atoms with Crippen LogP contribution in [0.3, 0.4) is 0 Å². The van der Waals surface area contributed by atoms with Crippen LogP contribution in [0.4, 0.5) is 0 Å². The van der Waals surface area contributed by atoms with Crippen molar-refractivity contribution in [2.24, 2.45) is 0 Å². The molecule has 1 amide bonds. The average molecular weight is 386 g/mol. The SMILES string of the molecule is CCCNC(=O)c1ccn2c(-c3ccc(OC)cc3)c(-c3ccccn3)nc2c1. The number of hydrogen-bond acceptors (Lipinski definition) is 4. The topological polar surface area (TPSA) is 68.5 Å². The van der Waals surface area contributed by atoms with Gasteiger partial charge in [0.15, 0.2) is 0 Å². The summed E-state index contributed by atoms with van der Waals surface area (Å²) in [4.78, 5) is 21.7. The number of carbonyl (C=O) groups is 1. The van der Waals surface area contributed by atoms with Crippen molar-refractivity contribution >= 4 is 11.6 Å². The van der Waals surface area contributed by atoms with Crippen molar-refractivity contribution in [1.29, 1.82) is 0 Å². The van der Waals surface area contributed by atoms with Gasteiger partial charge in [0, 0.05) is 30.1 Å². The van der Waals surface area contributed by atoms with Gasteiger partial charge in [-0.15, -0.1) is 0 Å². The summed E-state index contributed by atoms with van der Waals surface area (Å²) in [7, 11) is 1.65. The number of hydrogen-bond donors (Lipinski definition) is 1. The van der Waals surface area contributed by atoms with Crippen LogP contribution in [0.2, 0.25) is 0 Å². The molecule has 3 heterocycles. The van der Waals surface area contributed by atoms with Crippen LogP contribution in [0.25, 0.3) is 28.3 Å². The summed E-state index contributed by atoms with van der Waals surface area (Å²) in [6.07, 6.45) is 4.53. The first-order valence-electron chi connectivity index (χ1n) is 9.57. The van der Waals surface area contributed by atoms with Gasteiger partial charge in [0.05, 0.1) is 18.5 Å². The van der Waals surface area contributed by atoms with Crippen LogP contribution in [0, 0.1) is 0 Å². The van der Waals surface area contributed by atoms with E-state index in [0.717, 1.165) is 34.8 Å². The van der Waals surface area contributed by atoms with Crippen LogP contribution in [-0.2, 0) is 0 Å². The second-order valence-electron chi connectivity index (χ2n) is 6.65. The van der Waals surface area contributed by atoms with Gasteiger partial charge in [-0.3, -0.25) is 14.2 Å². The van der Waals surface area contributed by atoms with E-state index in [1.807, 2.05) is 72.1 Å². The van der Waals surface area contributed by atoms with E-state index >= 15 is 0 Å². The first kappa shape index (κ1) is 18.7. The molecule has 29 heavy (non-hydrogen) atoms. The number of amides is 1. The minimum Gasteiger partial charge on any atom is -0.497 e. The summed E-state index contributed by atoms with van der Waals surface area (Å²) in [5, 5.41) is 2.91. The molecule has 0 atom stereocenters. The first-order valence-corrected chi connectivity index (χ1v) is 9.57. The maximum atomic E-state index is 12.4. The predicted molar refractivity (Wildman–Crippen MR) is 113 cm³/mol. The highest BCUT2D eigenvalue weighted by Gasteiger charge is 2.18. The first-order chi connectivity index (χ1) is 14.2. The lowest BCUT2D eigenvalue weighted by Gasteiger charge is -2.08. The number of benzene rings is 1. The summed E-state index contributed by atoms with van der Waals surface area (Å²) >= 11 is 0. The third-order valence-electron chi connectivity index (χ3n) is 4.69. The Balaban J connectivity index is 1.87. The van der Waals surface area contributed by atoms with E-state index in [4.69, 9.17) is 9.72 Å². The molecule has 4 rings (SSSR count). The van der Waals surface area contributed by atoms with Gasteiger partial charge in [0.2, 0.25) is 0 Å². The summed E-state index contributed by atoms with van der Waals surface area (Å²) < 4.78 is 7.27. The molecule has 6 heteroatoms. The molecule has 0 aliphatic heterocycles. The van der Waals surface area contributed by atoms with E-state index in [0.29, 0.717) is 17.8 Å². The van der Waals surface area contributed by atoms with E-state index in [2.05, 4.69) is 10.3 Å². The molecule has 1 aromatic carbocycles. The van der Waals surface area contributed by atoms with Gasteiger partial charge in [-0.2, -0.15) is 0 Å². The van der Waals surface area contributed by atoms with Gasteiger partial charge in [0.1, 0.15) is 17.1 Å². The zero-order chi connectivity index (χ0) is 20.2. The van der Waals surface area contributed by atoms with Crippen molar-refractivity contribution in [3.05, 3.63) is 72.6 Å². The third-order valence-corrected chi connectivity index (χ3v) is 4.69. The smallest absolute Gasteiger partial charge is 0.251 e. The minimum atomic E-state index is -0.0947. The summed E-state index contributed by atoms with van der Waals surface area (Å²) in [5.41, 5.74) is 4.73. The number of rotatable bonds is 6. The predicted octanol–water partition coefficient (Wildman–Crippen LogP) is 4.21. The zero-order valence-corrected chi connectivity index (χ0v) is 16.4. The summed E-state index contributed by atoms with van der Waals surface area (Å²) in [6.45, 7) is 2.67. The number of imidazole rings is 1. The van der Waals surface area contributed by atoms with Crippen LogP contribution in [0.15, 0.2) is 67.0 Å². The Morgan fingerprint density at radius 1 is 1.14 bits per heavy atom. The van der Waals surface area contributed by atoms with Gasteiger partial charge in [0.25, 0.3) is 5.91 Å². The largest absolute Gasteiger partial charge is 0.497 e. The highest BCUT2D eigenvalue weighted by atomic mass is 16.5. The van der Waals surface area contributed by atoms with Crippen molar-refractivity contribution in [3.8, 4) is 28.4 Å². The molecule has 0 aliphatic rings. The Morgan fingerprint density at radius 2 is 1.97 bits per heavy atom. The van der Waals surface area contributed by atoms with Crippen LogP contribution >= 0.6 is 0 Å². The maximum Gasteiger partial charge on any atom is 0.251 e. The number of nitrogens with zero attached hydrogens (tertiary/aromatic N) is 3. The number of aromatic nitrogens is 3. The van der Waals surface area contributed by atoms with E-state index in [1.165, 1.54) is 0 Å². The molecular formula is C23H22N4O2. The van der Waals surface area contributed by atoms with Crippen molar-refractivity contribution < 1.29 is 9.53 Å². The Kier molecular flexibility index (Phi) is 5.24. The van der Waals surface area contributed by atoms with Gasteiger partial charge in [-0.1, -0.05) is 13.0 Å². The second-order valence-corrected chi connectivity index (χ2v) is 6.65. The Labute approximate surface area is 169 Å². The molecule has 6 nitrogen and oxygen atoms in total. The van der Waals surface area contributed by atoms with Gasteiger partial charge in [-0.05, 0) is 55.0 Å². The highest BCUT2D eigenvalue weighted by Crippen LogP contribution is 2.32. The maximum absolute atomic E-state index is 12.4. The minimum absolute atomic E-state index is 0.0947. The number of pyridine rings is 2. The Bertz CT molecular complexity index is 1130. The van der Waals surface area contributed by atoms with Crippen molar-refractivity contribution in [2.75, 3.05) is 13.7 Å². The molecular weight excluding hydrogens is 364 g/mol. The fraction of sp³-hybridized carbons (Fsp3) is 0.174. The monoisotopic (exact) mass is 386 g/mol. The van der Waals surface area contributed by atoms with E-state index in [-0.39, 0.29) is 5.91 Å². The highest BCUT2D eigenvalue weighted by molar-refractivity contribution is 5.95. The summed E-state index contributed by atoms with van der Waals surface area (Å²) in [5.74, 6) is 0.694. The molecule has 0 fully saturated rings. The van der Waals surface area contributed by atoms with E-state index in [9.17, 15) is 4.79 Å². The van der Waals surface area contributed by atoms with Gasteiger partial charge in [-0.25, -0.2) is 4.98 Å². The molecule has 146 valence electrons.